The van der Waals surface area contributed by atoms with E-state index in [1.165, 1.54) is 11.3 Å². The molecule has 0 bridgehead atoms. The third-order valence-corrected chi connectivity index (χ3v) is 4.87. The van der Waals surface area contributed by atoms with Gasteiger partial charge < -0.3 is 9.30 Å². The van der Waals surface area contributed by atoms with Crippen LogP contribution in [0.4, 0.5) is 0 Å². The van der Waals surface area contributed by atoms with E-state index in [1.807, 2.05) is 35.8 Å². The van der Waals surface area contributed by atoms with Crippen LogP contribution in [-0.4, -0.2) is 17.1 Å². The maximum Gasteiger partial charge on any atom is 0.286 e. The maximum atomic E-state index is 12.1. The van der Waals surface area contributed by atoms with Crippen molar-refractivity contribution >= 4 is 50.7 Å². The number of hydrogen-bond donors (Lipinski definition) is 0. The quantitative estimate of drug-likeness (QED) is 0.666. The topological polar surface area (TPSA) is 43.6 Å². The Morgan fingerprint density at radius 2 is 2.00 bits per heavy atom. The second-order valence-electron chi connectivity index (χ2n) is 4.97. The number of para-hydroxylation sites is 1. The van der Waals surface area contributed by atoms with Gasteiger partial charge in [0.2, 0.25) is 0 Å². The Bertz CT molecular complexity index is 948. The summed E-state index contributed by atoms with van der Waals surface area (Å²) in [6, 6.07) is 12.7. The van der Waals surface area contributed by atoms with Crippen LogP contribution in [0.1, 0.15) is 6.92 Å². The lowest BCUT2D eigenvalue weighted by Crippen LogP contribution is -2.18. The second kappa shape index (κ2) is 7.38. The standard InChI is InChI=1S/C17H14Cl2N2O2S/c1-2-21-16-13(19)8-11(18)9-14(16)24-17(21)20-15(22)10-23-12-6-4-3-5-7-12/h3-9H,2,10H2,1H3. The summed E-state index contributed by atoms with van der Waals surface area (Å²) in [5.74, 6) is 0.283. The van der Waals surface area contributed by atoms with E-state index in [0.717, 1.165) is 10.2 Å². The predicted molar refractivity (Wildman–Crippen MR) is 98.0 cm³/mol. The van der Waals surface area contributed by atoms with Gasteiger partial charge >= 0.3 is 0 Å². The molecule has 7 heteroatoms. The summed E-state index contributed by atoms with van der Waals surface area (Å²) in [4.78, 5) is 16.9. The van der Waals surface area contributed by atoms with Crippen molar-refractivity contribution in [1.29, 1.82) is 0 Å². The number of thiazole rings is 1. The lowest BCUT2D eigenvalue weighted by molar-refractivity contribution is -0.120. The SMILES string of the molecule is CCn1c(=NC(=O)COc2ccccc2)sc2cc(Cl)cc(Cl)c21. The van der Waals surface area contributed by atoms with Crippen LogP contribution in [0.2, 0.25) is 10.0 Å². The minimum absolute atomic E-state index is 0.115. The van der Waals surface area contributed by atoms with E-state index in [-0.39, 0.29) is 12.5 Å². The molecule has 0 saturated carbocycles. The number of aromatic nitrogens is 1. The molecule has 4 nitrogen and oxygen atoms in total. The smallest absolute Gasteiger partial charge is 0.286 e. The Labute approximate surface area is 152 Å². The normalized spacial score (nSPS) is 11.9. The fourth-order valence-corrected chi connectivity index (χ4v) is 4.20. The van der Waals surface area contributed by atoms with Crippen LogP contribution >= 0.6 is 34.5 Å². The number of hydrogen-bond acceptors (Lipinski definition) is 3. The number of amides is 1. The number of carbonyl (C=O) groups excluding carboxylic acids is 1. The van der Waals surface area contributed by atoms with Gasteiger partial charge in [-0.05, 0) is 31.2 Å². The first-order valence-corrected chi connectivity index (χ1v) is 8.89. The molecule has 1 amide bonds. The minimum Gasteiger partial charge on any atom is -0.484 e. The highest BCUT2D eigenvalue weighted by Crippen LogP contribution is 2.29. The Morgan fingerprint density at radius 3 is 2.71 bits per heavy atom. The fraction of sp³-hybridized carbons (Fsp3) is 0.176. The van der Waals surface area contributed by atoms with Crippen molar-refractivity contribution < 1.29 is 9.53 Å². The predicted octanol–water partition coefficient (Wildman–Crippen LogP) is 4.54. The van der Waals surface area contributed by atoms with Gasteiger partial charge in [-0.15, -0.1) is 0 Å². The van der Waals surface area contributed by atoms with Gasteiger partial charge in [-0.3, -0.25) is 4.79 Å². The van der Waals surface area contributed by atoms with Crippen LogP contribution in [0.5, 0.6) is 5.75 Å². The van der Waals surface area contributed by atoms with Gasteiger partial charge in [-0.2, -0.15) is 4.99 Å². The molecular formula is C17H14Cl2N2O2S. The van der Waals surface area contributed by atoms with E-state index < -0.39 is 0 Å². The summed E-state index contributed by atoms with van der Waals surface area (Å²) in [5, 5.41) is 1.10. The van der Waals surface area contributed by atoms with E-state index in [4.69, 9.17) is 27.9 Å². The molecule has 0 spiro atoms. The van der Waals surface area contributed by atoms with Crippen LogP contribution in [0.3, 0.4) is 0 Å². The molecule has 24 heavy (non-hydrogen) atoms. The lowest BCUT2D eigenvalue weighted by Gasteiger charge is -2.03. The number of nitrogens with zero attached hydrogens (tertiary/aromatic N) is 2. The number of aryl methyl sites for hydroxylation is 1. The van der Waals surface area contributed by atoms with Crippen molar-refractivity contribution in [2.24, 2.45) is 4.99 Å². The van der Waals surface area contributed by atoms with Crippen LogP contribution < -0.4 is 9.54 Å². The molecule has 3 rings (SSSR count). The minimum atomic E-state index is -0.352. The first kappa shape index (κ1) is 17.0. The van der Waals surface area contributed by atoms with Crippen LogP contribution in [0.25, 0.3) is 10.2 Å². The molecule has 1 heterocycles. The molecule has 0 radical (unpaired) electrons. The Hall–Kier alpha value is -1.82. The number of rotatable bonds is 4. The molecule has 0 aliphatic carbocycles. The van der Waals surface area contributed by atoms with Crippen molar-refractivity contribution in [3.05, 3.63) is 57.3 Å². The average molecular weight is 381 g/mol. The number of carbonyl (C=O) groups is 1. The zero-order chi connectivity index (χ0) is 17.1. The van der Waals surface area contributed by atoms with E-state index in [0.29, 0.717) is 27.1 Å². The summed E-state index contributed by atoms with van der Waals surface area (Å²) < 4.78 is 8.23. The van der Waals surface area contributed by atoms with Gasteiger partial charge in [0.1, 0.15) is 5.75 Å². The van der Waals surface area contributed by atoms with E-state index in [1.54, 1.807) is 18.2 Å². The first-order chi connectivity index (χ1) is 11.6. The Balaban J connectivity index is 1.91. The summed E-state index contributed by atoms with van der Waals surface area (Å²) in [6.07, 6.45) is 0. The van der Waals surface area contributed by atoms with Gasteiger partial charge in [0.25, 0.3) is 5.91 Å². The van der Waals surface area contributed by atoms with Gasteiger partial charge in [-0.1, -0.05) is 52.7 Å². The molecule has 0 aliphatic heterocycles. The van der Waals surface area contributed by atoms with Gasteiger partial charge in [0.05, 0.1) is 15.2 Å². The van der Waals surface area contributed by atoms with Crippen molar-refractivity contribution in [2.75, 3.05) is 6.61 Å². The fourth-order valence-electron chi connectivity index (χ4n) is 2.31. The Morgan fingerprint density at radius 1 is 1.25 bits per heavy atom. The second-order valence-corrected chi connectivity index (χ2v) is 6.82. The van der Waals surface area contributed by atoms with E-state index in [2.05, 4.69) is 4.99 Å². The zero-order valence-electron chi connectivity index (χ0n) is 12.8. The number of benzene rings is 2. The van der Waals surface area contributed by atoms with E-state index in [9.17, 15) is 4.79 Å². The van der Waals surface area contributed by atoms with Crippen LogP contribution in [0, 0.1) is 0 Å². The summed E-state index contributed by atoms with van der Waals surface area (Å²) in [6.45, 7) is 2.50. The first-order valence-electron chi connectivity index (χ1n) is 7.32. The summed E-state index contributed by atoms with van der Waals surface area (Å²) >= 11 is 13.7. The molecule has 124 valence electrons. The van der Waals surface area contributed by atoms with Crippen molar-refractivity contribution in [2.45, 2.75) is 13.5 Å². The zero-order valence-corrected chi connectivity index (χ0v) is 15.2. The van der Waals surface area contributed by atoms with Gasteiger partial charge in [0, 0.05) is 11.6 Å². The molecule has 3 aromatic rings. The molecular weight excluding hydrogens is 367 g/mol. The number of fused-ring (bicyclic) bond motifs is 1. The van der Waals surface area contributed by atoms with Crippen LogP contribution in [-0.2, 0) is 11.3 Å². The highest BCUT2D eigenvalue weighted by molar-refractivity contribution is 7.16. The molecule has 0 saturated heterocycles. The number of ether oxygens (including phenoxy) is 1. The molecule has 0 N–H and O–H groups in total. The lowest BCUT2D eigenvalue weighted by atomic mass is 10.3. The molecule has 0 aliphatic rings. The van der Waals surface area contributed by atoms with Crippen molar-refractivity contribution in [3.63, 3.8) is 0 Å². The molecule has 2 aromatic carbocycles. The van der Waals surface area contributed by atoms with Gasteiger partial charge in [-0.25, -0.2) is 0 Å². The highest BCUT2D eigenvalue weighted by atomic mass is 35.5. The number of halogens is 2. The third kappa shape index (κ3) is 3.64. The van der Waals surface area contributed by atoms with Gasteiger partial charge in [0.15, 0.2) is 11.4 Å². The van der Waals surface area contributed by atoms with E-state index >= 15 is 0 Å². The molecule has 0 unspecified atom stereocenters. The average Bonchev–Trinajstić information content (AvgIpc) is 2.91. The van der Waals surface area contributed by atoms with Crippen LogP contribution in [0.15, 0.2) is 47.5 Å². The summed E-state index contributed by atoms with van der Waals surface area (Å²) in [5.41, 5.74) is 0.837. The van der Waals surface area contributed by atoms with Crippen molar-refractivity contribution in [1.82, 2.24) is 4.57 Å². The van der Waals surface area contributed by atoms with Crippen molar-refractivity contribution in [3.8, 4) is 5.75 Å². The molecule has 0 fully saturated rings. The third-order valence-electron chi connectivity index (χ3n) is 3.34. The largest absolute Gasteiger partial charge is 0.484 e. The molecule has 0 atom stereocenters. The Kier molecular flexibility index (Phi) is 5.23. The highest BCUT2D eigenvalue weighted by Gasteiger charge is 2.11. The maximum absolute atomic E-state index is 12.1. The molecule has 1 aromatic heterocycles. The summed E-state index contributed by atoms with van der Waals surface area (Å²) in [7, 11) is 0. The monoisotopic (exact) mass is 380 g/mol.